The molecule has 1 aromatic rings. The number of likely N-dealkylation sites (N-methyl/N-ethyl adjacent to an activating group) is 1. The molecule has 3 nitrogen and oxygen atoms in total. The van der Waals surface area contributed by atoms with Crippen LogP contribution in [0, 0.1) is 0 Å². The van der Waals surface area contributed by atoms with E-state index in [9.17, 15) is 4.79 Å². The first-order valence-electron chi connectivity index (χ1n) is 6.58. The van der Waals surface area contributed by atoms with Crippen molar-refractivity contribution < 1.29 is 13.6 Å². The number of hydrogen-bond acceptors (Lipinski definition) is 2. The summed E-state index contributed by atoms with van der Waals surface area (Å²) in [6.45, 7) is 5.88. The number of carbonyl (C=O) groups excluding carboxylic acids is 1. The third-order valence-electron chi connectivity index (χ3n) is 3.70. The molecule has 4 heteroatoms. The SMILES string of the molecule is C=C(C)C(=O)C(CCOCl)(c1ccccc1)[N+](C)(C)C. The molecule has 0 spiro atoms. The monoisotopic (exact) mass is 296 g/mol. The average Bonchev–Trinajstić information content (AvgIpc) is 2.39. The van der Waals surface area contributed by atoms with Crippen LogP contribution in [-0.4, -0.2) is 38.0 Å². The fraction of sp³-hybridized carbons (Fsp3) is 0.438. The van der Waals surface area contributed by atoms with Crippen molar-refractivity contribution in [2.75, 3.05) is 27.7 Å². The van der Waals surface area contributed by atoms with Gasteiger partial charge in [0.1, 0.15) is 0 Å². The van der Waals surface area contributed by atoms with Crippen LogP contribution >= 0.6 is 11.9 Å². The predicted octanol–water partition coefficient (Wildman–Crippen LogP) is 3.29. The molecule has 1 unspecified atom stereocenters. The van der Waals surface area contributed by atoms with E-state index in [-0.39, 0.29) is 5.78 Å². The molecule has 0 N–H and O–H groups in total. The molecule has 0 saturated heterocycles. The summed E-state index contributed by atoms with van der Waals surface area (Å²) in [5.74, 6) is 0.0184. The lowest BCUT2D eigenvalue weighted by molar-refractivity contribution is -0.921. The van der Waals surface area contributed by atoms with Crippen LogP contribution in [-0.2, 0) is 14.6 Å². The minimum absolute atomic E-state index is 0.0184. The molecule has 0 aliphatic rings. The number of hydrogen-bond donors (Lipinski definition) is 0. The van der Waals surface area contributed by atoms with Gasteiger partial charge in [0.2, 0.25) is 5.78 Å². The molecule has 1 atom stereocenters. The Bertz CT molecular complexity index is 479. The van der Waals surface area contributed by atoms with Gasteiger partial charge in [-0.25, -0.2) is 0 Å². The van der Waals surface area contributed by atoms with Crippen LogP contribution < -0.4 is 0 Å². The van der Waals surface area contributed by atoms with Crippen LogP contribution in [0.1, 0.15) is 18.9 Å². The van der Waals surface area contributed by atoms with Gasteiger partial charge in [-0.15, -0.1) is 0 Å². The van der Waals surface area contributed by atoms with Crippen molar-refractivity contribution in [2.45, 2.75) is 18.9 Å². The van der Waals surface area contributed by atoms with E-state index >= 15 is 0 Å². The summed E-state index contributed by atoms with van der Waals surface area (Å²) in [6, 6.07) is 9.75. The summed E-state index contributed by atoms with van der Waals surface area (Å²) in [7, 11) is 6.01. The molecule has 1 aromatic carbocycles. The summed E-state index contributed by atoms with van der Waals surface area (Å²) in [5.41, 5.74) is 0.743. The number of benzene rings is 1. The van der Waals surface area contributed by atoms with Crippen molar-refractivity contribution in [3.63, 3.8) is 0 Å². The minimum Gasteiger partial charge on any atom is -0.316 e. The zero-order valence-corrected chi connectivity index (χ0v) is 13.4. The Balaban J connectivity index is 3.50. The van der Waals surface area contributed by atoms with Gasteiger partial charge in [0.15, 0.2) is 5.54 Å². The zero-order chi connectivity index (χ0) is 15.4. The highest BCUT2D eigenvalue weighted by molar-refractivity contribution is 6.07. The molecule has 1 rings (SSSR count). The number of quaternary nitrogens is 1. The Hall–Kier alpha value is -1.16. The Kier molecular flexibility index (Phi) is 5.51. The second-order valence-electron chi connectivity index (χ2n) is 5.91. The van der Waals surface area contributed by atoms with E-state index in [1.807, 2.05) is 51.5 Å². The van der Waals surface area contributed by atoms with Crippen molar-refractivity contribution in [3.8, 4) is 0 Å². The first-order chi connectivity index (χ1) is 9.27. The summed E-state index contributed by atoms with van der Waals surface area (Å²) >= 11 is 5.39. The molecule has 0 heterocycles. The van der Waals surface area contributed by atoms with Gasteiger partial charge in [-0.3, -0.25) is 9.08 Å². The summed E-state index contributed by atoms with van der Waals surface area (Å²) in [6.07, 6.45) is 0.496. The number of ketones is 1. The summed E-state index contributed by atoms with van der Waals surface area (Å²) < 4.78 is 5.17. The predicted molar refractivity (Wildman–Crippen MR) is 82.4 cm³/mol. The number of halogens is 1. The zero-order valence-electron chi connectivity index (χ0n) is 12.6. The van der Waals surface area contributed by atoms with Gasteiger partial charge in [0, 0.05) is 12.0 Å². The third kappa shape index (κ3) is 3.11. The van der Waals surface area contributed by atoms with Gasteiger partial charge in [0.05, 0.1) is 39.6 Å². The molecule has 0 amide bonds. The van der Waals surface area contributed by atoms with Crippen LogP contribution in [0.3, 0.4) is 0 Å². The molecule has 0 aliphatic heterocycles. The Morgan fingerprint density at radius 1 is 1.30 bits per heavy atom. The molecular weight excluding hydrogens is 274 g/mol. The van der Waals surface area contributed by atoms with Crippen molar-refractivity contribution in [1.29, 1.82) is 0 Å². The number of carbonyl (C=O) groups is 1. The molecular formula is C16H23ClNO2+. The van der Waals surface area contributed by atoms with E-state index in [4.69, 9.17) is 16.2 Å². The van der Waals surface area contributed by atoms with E-state index in [1.54, 1.807) is 6.92 Å². The normalized spacial score (nSPS) is 14.7. The van der Waals surface area contributed by atoms with Crippen LogP contribution in [0.15, 0.2) is 42.5 Å². The van der Waals surface area contributed by atoms with E-state index in [0.717, 1.165) is 5.56 Å². The van der Waals surface area contributed by atoms with Gasteiger partial charge in [-0.2, -0.15) is 0 Å². The topological polar surface area (TPSA) is 26.3 Å². The number of rotatable bonds is 7. The third-order valence-corrected chi connectivity index (χ3v) is 3.86. The fourth-order valence-corrected chi connectivity index (χ4v) is 2.75. The Labute approximate surface area is 126 Å². The smallest absolute Gasteiger partial charge is 0.223 e. The van der Waals surface area contributed by atoms with Crippen molar-refractivity contribution in [3.05, 3.63) is 48.0 Å². The van der Waals surface area contributed by atoms with E-state index in [2.05, 4.69) is 6.58 Å². The molecule has 0 fully saturated rings. The Morgan fingerprint density at radius 3 is 2.25 bits per heavy atom. The lowest BCUT2D eigenvalue weighted by Gasteiger charge is -2.45. The lowest BCUT2D eigenvalue weighted by Crippen LogP contribution is -2.60. The molecule has 0 saturated carbocycles. The molecule has 110 valence electrons. The van der Waals surface area contributed by atoms with Crippen LogP contribution in [0.25, 0.3) is 0 Å². The van der Waals surface area contributed by atoms with Crippen molar-refractivity contribution >= 4 is 17.6 Å². The fourth-order valence-electron chi connectivity index (χ4n) is 2.67. The van der Waals surface area contributed by atoms with Crippen molar-refractivity contribution in [1.82, 2.24) is 0 Å². The second kappa shape index (κ2) is 6.53. The number of Topliss-reactive ketones (excluding diaryl/α,β-unsaturated/α-hetero) is 1. The van der Waals surface area contributed by atoms with Gasteiger partial charge in [-0.1, -0.05) is 36.9 Å². The molecule has 0 bridgehead atoms. The van der Waals surface area contributed by atoms with Gasteiger partial charge in [0.25, 0.3) is 0 Å². The van der Waals surface area contributed by atoms with Gasteiger partial charge >= 0.3 is 0 Å². The summed E-state index contributed by atoms with van der Waals surface area (Å²) in [4.78, 5) is 12.9. The highest BCUT2D eigenvalue weighted by Gasteiger charge is 2.51. The molecule has 0 aliphatic carbocycles. The molecule has 20 heavy (non-hydrogen) atoms. The maximum Gasteiger partial charge on any atom is 0.223 e. The largest absolute Gasteiger partial charge is 0.316 e. The van der Waals surface area contributed by atoms with Gasteiger partial charge in [-0.05, 0) is 12.5 Å². The van der Waals surface area contributed by atoms with Crippen molar-refractivity contribution in [2.24, 2.45) is 0 Å². The van der Waals surface area contributed by atoms with E-state index in [1.165, 1.54) is 0 Å². The lowest BCUT2D eigenvalue weighted by atomic mass is 9.78. The average molecular weight is 297 g/mol. The molecule has 0 aromatic heterocycles. The van der Waals surface area contributed by atoms with Crippen LogP contribution in [0.2, 0.25) is 0 Å². The summed E-state index contributed by atoms with van der Waals surface area (Å²) in [5, 5.41) is 0. The highest BCUT2D eigenvalue weighted by atomic mass is 35.5. The second-order valence-corrected chi connectivity index (χ2v) is 6.13. The van der Waals surface area contributed by atoms with Crippen LogP contribution in [0.4, 0.5) is 0 Å². The maximum atomic E-state index is 12.9. The van der Waals surface area contributed by atoms with Gasteiger partial charge < -0.3 is 4.48 Å². The first kappa shape index (κ1) is 16.9. The van der Waals surface area contributed by atoms with E-state index < -0.39 is 5.54 Å². The van der Waals surface area contributed by atoms with E-state index in [0.29, 0.717) is 23.1 Å². The molecule has 0 radical (unpaired) electrons. The quantitative estimate of drug-likeness (QED) is 0.570. The minimum atomic E-state index is -0.748. The maximum absolute atomic E-state index is 12.9. The first-order valence-corrected chi connectivity index (χ1v) is 6.89. The Morgan fingerprint density at radius 2 is 1.85 bits per heavy atom. The highest BCUT2D eigenvalue weighted by Crippen LogP contribution is 2.37. The van der Waals surface area contributed by atoms with Crippen LogP contribution in [0.5, 0.6) is 0 Å². The standard InChI is InChI=1S/C16H23ClNO2/c1-13(2)15(19)16(11-12-20-17,18(3,4)5)14-9-7-6-8-10-14/h6-10H,1,11-12H2,2-5H3/q+1. The number of nitrogens with zero attached hydrogens (tertiary/aromatic N) is 1.